The van der Waals surface area contributed by atoms with E-state index in [4.69, 9.17) is 15.2 Å². The molecule has 0 heterocycles. The molecule has 0 radical (unpaired) electrons. The largest absolute Gasteiger partial charge is 0.497 e. The molecule has 0 aliphatic heterocycles. The van der Waals surface area contributed by atoms with E-state index in [1.165, 1.54) is 14.2 Å². The van der Waals surface area contributed by atoms with Gasteiger partial charge in [-0.1, -0.05) is 0 Å². The summed E-state index contributed by atoms with van der Waals surface area (Å²) in [6.07, 6.45) is 0. The number of anilines is 1. The van der Waals surface area contributed by atoms with Crippen molar-refractivity contribution >= 4 is 17.5 Å². The molecule has 21 heavy (non-hydrogen) atoms. The molecule has 0 aliphatic carbocycles. The molecular formula is C14H21N3O4. The third-order valence-corrected chi connectivity index (χ3v) is 2.63. The molecule has 7 nitrogen and oxygen atoms in total. The van der Waals surface area contributed by atoms with Crippen molar-refractivity contribution in [1.29, 1.82) is 0 Å². The van der Waals surface area contributed by atoms with Gasteiger partial charge in [0, 0.05) is 23.9 Å². The van der Waals surface area contributed by atoms with E-state index in [9.17, 15) is 9.59 Å². The van der Waals surface area contributed by atoms with Gasteiger partial charge in [0.25, 0.3) is 0 Å². The molecule has 4 N–H and O–H groups in total. The van der Waals surface area contributed by atoms with Gasteiger partial charge in [0.1, 0.15) is 11.5 Å². The van der Waals surface area contributed by atoms with E-state index in [2.05, 4.69) is 10.6 Å². The number of nitrogens with two attached hydrogens (primary N) is 1. The van der Waals surface area contributed by atoms with E-state index in [0.717, 1.165) is 0 Å². The highest BCUT2D eigenvalue weighted by Crippen LogP contribution is 2.25. The molecule has 0 fully saturated rings. The van der Waals surface area contributed by atoms with Crippen molar-refractivity contribution < 1.29 is 19.1 Å². The molecular weight excluding hydrogens is 274 g/mol. The molecule has 1 aromatic carbocycles. The van der Waals surface area contributed by atoms with Gasteiger partial charge in [-0.3, -0.25) is 9.59 Å². The normalized spacial score (nSPS) is 10.7. The lowest BCUT2D eigenvalue weighted by molar-refractivity contribution is -0.127. The smallest absolute Gasteiger partial charge is 0.243 e. The molecule has 0 atom stereocenters. The predicted octanol–water partition coefficient (Wildman–Crippen LogP) is 0.496. The summed E-state index contributed by atoms with van der Waals surface area (Å²) in [5, 5.41) is 5.11. The van der Waals surface area contributed by atoms with Crippen LogP contribution in [0.1, 0.15) is 13.8 Å². The summed E-state index contributed by atoms with van der Waals surface area (Å²) in [6, 6.07) is 4.98. The van der Waals surface area contributed by atoms with Gasteiger partial charge in [-0.2, -0.15) is 0 Å². The van der Waals surface area contributed by atoms with E-state index in [1.807, 2.05) is 0 Å². The number of benzene rings is 1. The van der Waals surface area contributed by atoms with Crippen molar-refractivity contribution in [3.05, 3.63) is 18.2 Å². The van der Waals surface area contributed by atoms with Crippen LogP contribution >= 0.6 is 0 Å². The summed E-state index contributed by atoms with van der Waals surface area (Å²) >= 11 is 0. The number of ether oxygens (including phenoxy) is 2. The zero-order chi connectivity index (χ0) is 16.0. The first-order valence-corrected chi connectivity index (χ1v) is 6.36. The summed E-state index contributed by atoms with van der Waals surface area (Å²) in [5.41, 5.74) is 5.10. The van der Waals surface area contributed by atoms with Gasteiger partial charge in [-0.25, -0.2) is 0 Å². The fourth-order valence-electron chi connectivity index (χ4n) is 1.47. The third-order valence-electron chi connectivity index (χ3n) is 2.63. The second-order valence-corrected chi connectivity index (χ2v) is 5.05. The van der Waals surface area contributed by atoms with Gasteiger partial charge in [-0.15, -0.1) is 0 Å². The zero-order valence-electron chi connectivity index (χ0n) is 12.6. The fraction of sp³-hybridized carbons (Fsp3) is 0.429. The monoisotopic (exact) mass is 295 g/mol. The van der Waals surface area contributed by atoms with Crippen molar-refractivity contribution in [1.82, 2.24) is 5.32 Å². The van der Waals surface area contributed by atoms with Gasteiger partial charge in [0.2, 0.25) is 11.8 Å². The Balaban J connectivity index is 2.65. The van der Waals surface area contributed by atoms with Crippen LogP contribution in [-0.2, 0) is 9.59 Å². The van der Waals surface area contributed by atoms with E-state index < -0.39 is 11.4 Å². The summed E-state index contributed by atoms with van der Waals surface area (Å²) in [7, 11) is 3.04. The molecule has 116 valence electrons. The van der Waals surface area contributed by atoms with Gasteiger partial charge in [0.05, 0.1) is 26.3 Å². The van der Waals surface area contributed by atoms with Crippen LogP contribution < -0.4 is 25.8 Å². The number of hydrogen-bond donors (Lipinski definition) is 3. The molecule has 7 heteroatoms. The molecule has 1 aromatic rings. The van der Waals surface area contributed by atoms with E-state index in [-0.39, 0.29) is 12.5 Å². The average molecular weight is 295 g/mol. The van der Waals surface area contributed by atoms with E-state index in [1.54, 1.807) is 32.0 Å². The molecule has 0 spiro atoms. The molecule has 0 saturated carbocycles. The molecule has 0 unspecified atom stereocenters. The zero-order valence-corrected chi connectivity index (χ0v) is 12.6. The van der Waals surface area contributed by atoms with Crippen LogP contribution in [0, 0.1) is 0 Å². The number of methoxy groups -OCH3 is 2. The first kappa shape index (κ1) is 16.8. The lowest BCUT2D eigenvalue weighted by Crippen LogP contribution is -2.50. The van der Waals surface area contributed by atoms with Gasteiger partial charge in [0.15, 0.2) is 0 Å². The topological polar surface area (TPSA) is 103 Å². The number of carbonyl (C=O) groups excluding carboxylic acids is 2. The van der Waals surface area contributed by atoms with Gasteiger partial charge in [-0.05, 0) is 13.8 Å². The number of amides is 2. The van der Waals surface area contributed by atoms with Crippen molar-refractivity contribution in [3.8, 4) is 11.5 Å². The lowest BCUT2D eigenvalue weighted by atomic mass is 10.1. The van der Waals surface area contributed by atoms with Crippen LogP contribution in [0.2, 0.25) is 0 Å². The van der Waals surface area contributed by atoms with Crippen LogP contribution in [0.5, 0.6) is 11.5 Å². The van der Waals surface area contributed by atoms with Crippen LogP contribution in [0.15, 0.2) is 18.2 Å². The van der Waals surface area contributed by atoms with Crippen LogP contribution in [0.4, 0.5) is 5.69 Å². The number of carbonyl (C=O) groups is 2. The molecule has 2 amide bonds. The highest BCUT2D eigenvalue weighted by Gasteiger charge is 2.22. The lowest BCUT2D eigenvalue weighted by Gasteiger charge is -2.17. The Kier molecular flexibility index (Phi) is 5.54. The Morgan fingerprint density at radius 1 is 1.14 bits per heavy atom. The summed E-state index contributed by atoms with van der Waals surface area (Å²) in [5.74, 6) is 0.331. The fourth-order valence-corrected chi connectivity index (χ4v) is 1.47. The van der Waals surface area contributed by atoms with Crippen molar-refractivity contribution in [2.24, 2.45) is 5.73 Å². The second kappa shape index (κ2) is 6.94. The minimum Gasteiger partial charge on any atom is -0.497 e. The number of hydrogen-bond acceptors (Lipinski definition) is 5. The molecule has 0 aliphatic rings. The maximum Gasteiger partial charge on any atom is 0.243 e. The van der Waals surface area contributed by atoms with Crippen LogP contribution in [0.3, 0.4) is 0 Å². The molecule has 0 aromatic heterocycles. The predicted molar refractivity (Wildman–Crippen MR) is 79.5 cm³/mol. The molecule has 1 rings (SSSR count). The van der Waals surface area contributed by atoms with E-state index >= 15 is 0 Å². The Morgan fingerprint density at radius 3 is 2.10 bits per heavy atom. The highest BCUT2D eigenvalue weighted by atomic mass is 16.5. The summed E-state index contributed by atoms with van der Waals surface area (Å²) in [6.45, 7) is 2.96. The second-order valence-electron chi connectivity index (χ2n) is 5.05. The average Bonchev–Trinajstić information content (AvgIpc) is 2.43. The Morgan fingerprint density at radius 2 is 1.67 bits per heavy atom. The summed E-state index contributed by atoms with van der Waals surface area (Å²) < 4.78 is 10.2. The SMILES string of the molecule is COc1cc(NC(=O)CNC(=O)C(C)(C)N)cc(OC)c1. The first-order chi connectivity index (χ1) is 9.76. The summed E-state index contributed by atoms with van der Waals surface area (Å²) in [4.78, 5) is 23.4. The molecule has 0 saturated heterocycles. The number of nitrogens with one attached hydrogen (secondary N) is 2. The standard InChI is InChI=1S/C14H21N3O4/c1-14(2,15)13(19)16-8-12(18)17-9-5-10(20-3)7-11(6-9)21-4/h5-7H,8,15H2,1-4H3,(H,16,19)(H,17,18). The van der Waals surface area contributed by atoms with Gasteiger partial charge < -0.3 is 25.8 Å². The maximum atomic E-state index is 11.8. The van der Waals surface area contributed by atoms with Crippen molar-refractivity contribution in [2.75, 3.05) is 26.1 Å². The van der Waals surface area contributed by atoms with Crippen LogP contribution in [0.25, 0.3) is 0 Å². The molecule has 0 bridgehead atoms. The Bertz CT molecular complexity index is 501. The number of rotatable bonds is 6. The first-order valence-electron chi connectivity index (χ1n) is 6.36. The quantitative estimate of drug-likeness (QED) is 0.709. The van der Waals surface area contributed by atoms with E-state index in [0.29, 0.717) is 17.2 Å². The maximum absolute atomic E-state index is 11.8. The van der Waals surface area contributed by atoms with Crippen molar-refractivity contribution in [2.45, 2.75) is 19.4 Å². The highest BCUT2D eigenvalue weighted by molar-refractivity contribution is 5.96. The minimum atomic E-state index is -1.03. The Hall–Kier alpha value is -2.28. The van der Waals surface area contributed by atoms with Gasteiger partial charge >= 0.3 is 0 Å². The van der Waals surface area contributed by atoms with Crippen LogP contribution in [-0.4, -0.2) is 38.1 Å². The minimum absolute atomic E-state index is 0.168. The third kappa shape index (κ3) is 5.31. The Labute approximate surface area is 123 Å². The van der Waals surface area contributed by atoms with Crippen molar-refractivity contribution in [3.63, 3.8) is 0 Å².